The van der Waals surface area contributed by atoms with Crippen LogP contribution in [-0.2, 0) is 0 Å². The first kappa shape index (κ1) is 12.6. The molecule has 0 atom stereocenters. The fourth-order valence-corrected chi connectivity index (χ4v) is 2.63. The van der Waals surface area contributed by atoms with Gasteiger partial charge in [0.15, 0.2) is 11.0 Å². The van der Waals surface area contributed by atoms with Gasteiger partial charge in [0.2, 0.25) is 0 Å². The van der Waals surface area contributed by atoms with E-state index in [2.05, 4.69) is 22.4 Å². The lowest BCUT2D eigenvalue weighted by molar-refractivity contribution is 0.361. The molecule has 94 valence electrons. The fourth-order valence-electron chi connectivity index (χ4n) is 2.45. The predicted molar refractivity (Wildman–Crippen MR) is 71.6 cm³/mol. The molecule has 17 heavy (non-hydrogen) atoms. The smallest absolute Gasteiger partial charge is 0.155 e. The molecule has 1 aromatic heterocycles. The fraction of sp³-hybridized carbons (Fsp3) is 0.692. The van der Waals surface area contributed by atoms with Gasteiger partial charge in [0.05, 0.1) is 0 Å². The first-order chi connectivity index (χ1) is 8.02. The summed E-state index contributed by atoms with van der Waals surface area (Å²) in [6.07, 6.45) is 5.31. The minimum absolute atomic E-state index is 0.418. The van der Waals surface area contributed by atoms with Crippen molar-refractivity contribution in [2.24, 2.45) is 5.41 Å². The zero-order chi connectivity index (χ0) is 12.5. The van der Waals surface area contributed by atoms with Crippen molar-refractivity contribution in [3.8, 4) is 0 Å². The van der Waals surface area contributed by atoms with E-state index in [-0.39, 0.29) is 0 Å². The molecule has 1 heterocycles. The zero-order valence-electron chi connectivity index (χ0n) is 10.8. The SMILES string of the molecule is Cc1c(Cl)nnc(NCC2(C)CCCC2)c1C. The summed E-state index contributed by atoms with van der Waals surface area (Å²) in [5.74, 6) is 0.875. The van der Waals surface area contributed by atoms with E-state index < -0.39 is 0 Å². The lowest BCUT2D eigenvalue weighted by Gasteiger charge is -2.24. The van der Waals surface area contributed by atoms with Crippen LogP contribution in [0, 0.1) is 19.3 Å². The highest BCUT2D eigenvalue weighted by Crippen LogP contribution is 2.37. The predicted octanol–water partition coefficient (Wildman–Crippen LogP) is 3.74. The van der Waals surface area contributed by atoms with Gasteiger partial charge in [0, 0.05) is 6.54 Å². The van der Waals surface area contributed by atoms with Crippen LogP contribution in [0.4, 0.5) is 5.82 Å². The first-order valence-corrected chi connectivity index (χ1v) is 6.63. The standard InChI is InChI=1S/C13H20ClN3/c1-9-10(2)12(17-16-11(9)14)15-8-13(3)6-4-5-7-13/h4-8H2,1-3H3,(H,15,17). The Morgan fingerprint density at radius 1 is 1.18 bits per heavy atom. The molecule has 0 aromatic carbocycles. The second kappa shape index (κ2) is 4.81. The average Bonchev–Trinajstić information content (AvgIpc) is 2.73. The molecule has 2 rings (SSSR count). The number of nitrogens with zero attached hydrogens (tertiary/aromatic N) is 2. The highest BCUT2D eigenvalue weighted by Gasteiger charge is 2.28. The number of hydrogen-bond acceptors (Lipinski definition) is 3. The van der Waals surface area contributed by atoms with Crippen molar-refractivity contribution in [3.63, 3.8) is 0 Å². The van der Waals surface area contributed by atoms with Crippen LogP contribution in [0.5, 0.6) is 0 Å². The maximum atomic E-state index is 5.94. The molecule has 0 amide bonds. The third kappa shape index (κ3) is 2.71. The van der Waals surface area contributed by atoms with Crippen LogP contribution in [0.1, 0.15) is 43.7 Å². The third-order valence-corrected chi connectivity index (χ3v) is 4.32. The highest BCUT2D eigenvalue weighted by atomic mass is 35.5. The molecule has 4 heteroatoms. The van der Waals surface area contributed by atoms with Gasteiger partial charge in [0.25, 0.3) is 0 Å². The van der Waals surface area contributed by atoms with E-state index in [1.807, 2.05) is 13.8 Å². The van der Waals surface area contributed by atoms with Crippen molar-refractivity contribution in [2.75, 3.05) is 11.9 Å². The molecule has 1 aliphatic carbocycles. The second-order valence-electron chi connectivity index (χ2n) is 5.46. The summed E-state index contributed by atoms with van der Waals surface area (Å²) in [5.41, 5.74) is 2.54. The minimum Gasteiger partial charge on any atom is -0.368 e. The molecule has 0 aliphatic heterocycles. The number of hydrogen-bond donors (Lipinski definition) is 1. The van der Waals surface area contributed by atoms with E-state index in [1.54, 1.807) is 0 Å². The molecule has 1 fully saturated rings. The van der Waals surface area contributed by atoms with Crippen LogP contribution in [-0.4, -0.2) is 16.7 Å². The molecule has 1 aromatic rings. The Balaban J connectivity index is 2.06. The monoisotopic (exact) mass is 253 g/mol. The topological polar surface area (TPSA) is 37.8 Å². The largest absolute Gasteiger partial charge is 0.368 e. The van der Waals surface area contributed by atoms with Crippen LogP contribution < -0.4 is 5.32 Å². The Hall–Kier alpha value is -0.830. The second-order valence-corrected chi connectivity index (χ2v) is 5.82. The van der Waals surface area contributed by atoms with Gasteiger partial charge in [-0.2, -0.15) is 0 Å². The number of halogens is 1. The van der Waals surface area contributed by atoms with Gasteiger partial charge in [0.1, 0.15) is 0 Å². The van der Waals surface area contributed by atoms with E-state index in [1.165, 1.54) is 25.7 Å². The molecular formula is C13H20ClN3. The number of anilines is 1. The normalized spacial score (nSPS) is 18.4. The molecule has 1 saturated carbocycles. The van der Waals surface area contributed by atoms with Gasteiger partial charge in [-0.1, -0.05) is 31.4 Å². The van der Waals surface area contributed by atoms with Crippen molar-refractivity contribution in [1.29, 1.82) is 0 Å². The Labute approximate surface area is 108 Å². The van der Waals surface area contributed by atoms with E-state index in [0.29, 0.717) is 10.6 Å². The summed E-state index contributed by atoms with van der Waals surface area (Å²) < 4.78 is 0. The molecule has 0 unspecified atom stereocenters. The van der Waals surface area contributed by atoms with E-state index in [0.717, 1.165) is 23.5 Å². The Morgan fingerprint density at radius 2 is 1.82 bits per heavy atom. The van der Waals surface area contributed by atoms with Crippen LogP contribution >= 0.6 is 11.6 Å². The van der Waals surface area contributed by atoms with Crippen LogP contribution in [0.2, 0.25) is 5.15 Å². The van der Waals surface area contributed by atoms with Crippen molar-refractivity contribution >= 4 is 17.4 Å². The molecule has 0 radical (unpaired) electrons. The maximum absolute atomic E-state index is 5.94. The summed E-state index contributed by atoms with van der Waals surface area (Å²) in [6.45, 7) is 7.34. The number of aromatic nitrogens is 2. The summed E-state index contributed by atoms with van der Waals surface area (Å²) in [5, 5.41) is 12.0. The summed E-state index contributed by atoms with van der Waals surface area (Å²) in [4.78, 5) is 0. The van der Waals surface area contributed by atoms with Crippen LogP contribution in [0.15, 0.2) is 0 Å². The van der Waals surface area contributed by atoms with Gasteiger partial charge >= 0.3 is 0 Å². The molecular weight excluding hydrogens is 234 g/mol. The van der Waals surface area contributed by atoms with Gasteiger partial charge in [-0.05, 0) is 43.2 Å². The molecule has 1 N–H and O–H groups in total. The first-order valence-electron chi connectivity index (χ1n) is 6.25. The van der Waals surface area contributed by atoms with E-state index in [4.69, 9.17) is 11.6 Å². The average molecular weight is 254 g/mol. The van der Waals surface area contributed by atoms with Crippen molar-refractivity contribution in [1.82, 2.24) is 10.2 Å². The maximum Gasteiger partial charge on any atom is 0.155 e. The van der Waals surface area contributed by atoms with Gasteiger partial charge in [-0.15, -0.1) is 10.2 Å². The molecule has 3 nitrogen and oxygen atoms in total. The Morgan fingerprint density at radius 3 is 2.47 bits per heavy atom. The Bertz CT molecular complexity index is 411. The van der Waals surface area contributed by atoms with Crippen molar-refractivity contribution in [3.05, 3.63) is 16.3 Å². The van der Waals surface area contributed by atoms with Crippen LogP contribution in [0.25, 0.3) is 0 Å². The van der Waals surface area contributed by atoms with Crippen molar-refractivity contribution < 1.29 is 0 Å². The highest BCUT2D eigenvalue weighted by molar-refractivity contribution is 6.30. The van der Waals surface area contributed by atoms with E-state index in [9.17, 15) is 0 Å². The molecule has 1 aliphatic rings. The lowest BCUT2D eigenvalue weighted by atomic mass is 9.89. The third-order valence-electron chi connectivity index (χ3n) is 3.96. The quantitative estimate of drug-likeness (QED) is 0.892. The van der Waals surface area contributed by atoms with Crippen molar-refractivity contribution in [2.45, 2.75) is 46.5 Å². The summed E-state index contributed by atoms with van der Waals surface area (Å²) in [7, 11) is 0. The molecule has 0 spiro atoms. The number of nitrogens with one attached hydrogen (secondary N) is 1. The zero-order valence-corrected chi connectivity index (χ0v) is 11.6. The van der Waals surface area contributed by atoms with Gasteiger partial charge in [-0.3, -0.25) is 0 Å². The minimum atomic E-state index is 0.418. The van der Waals surface area contributed by atoms with Gasteiger partial charge in [-0.25, -0.2) is 0 Å². The summed E-state index contributed by atoms with van der Waals surface area (Å²) >= 11 is 5.94. The number of rotatable bonds is 3. The lowest BCUT2D eigenvalue weighted by Crippen LogP contribution is -2.24. The van der Waals surface area contributed by atoms with Gasteiger partial charge < -0.3 is 5.32 Å². The molecule has 0 saturated heterocycles. The van der Waals surface area contributed by atoms with E-state index >= 15 is 0 Å². The Kier molecular flexibility index (Phi) is 3.57. The van der Waals surface area contributed by atoms with Crippen LogP contribution in [0.3, 0.4) is 0 Å². The molecule has 0 bridgehead atoms. The summed E-state index contributed by atoms with van der Waals surface area (Å²) in [6, 6.07) is 0.